The number of hydrogen-bond acceptors (Lipinski definition) is 3. The van der Waals surface area contributed by atoms with E-state index in [-0.39, 0.29) is 0 Å². The first-order chi connectivity index (χ1) is 7.07. The van der Waals surface area contributed by atoms with Gasteiger partial charge in [0.25, 0.3) is 0 Å². The predicted molar refractivity (Wildman–Crippen MR) is 64.4 cm³/mol. The molecule has 3 heteroatoms. The molecule has 0 amide bonds. The third kappa shape index (κ3) is 2.67. The quantitative estimate of drug-likeness (QED) is 0.824. The molecule has 1 heterocycles. The fourth-order valence-electron chi connectivity index (χ4n) is 1.75. The highest BCUT2D eigenvalue weighted by atomic mass is 15.0. The lowest BCUT2D eigenvalue weighted by molar-refractivity contribution is 0.747. The molecule has 0 aliphatic rings. The summed E-state index contributed by atoms with van der Waals surface area (Å²) in [6.07, 6.45) is 1.65. The molecule has 15 heavy (non-hydrogen) atoms. The molecule has 1 N–H and O–H groups in total. The van der Waals surface area contributed by atoms with Gasteiger partial charge in [-0.25, -0.2) is 9.97 Å². The number of anilines is 1. The molecule has 0 aliphatic carbocycles. The van der Waals surface area contributed by atoms with Crippen molar-refractivity contribution in [3.05, 3.63) is 17.6 Å². The summed E-state index contributed by atoms with van der Waals surface area (Å²) in [5.41, 5.74) is 2.42. The van der Waals surface area contributed by atoms with Gasteiger partial charge in [0.05, 0.1) is 5.69 Å². The van der Waals surface area contributed by atoms with Gasteiger partial charge in [-0.15, -0.1) is 0 Å². The van der Waals surface area contributed by atoms with E-state index >= 15 is 0 Å². The van der Waals surface area contributed by atoms with Crippen LogP contribution in [0, 0.1) is 0 Å². The Kier molecular flexibility index (Phi) is 4.06. The van der Waals surface area contributed by atoms with Crippen molar-refractivity contribution in [2.24, 2.45) is 0 Å². The van der Waals surface area contributed by atoms with E-state index in [2.05, 4.69) is 49.9 Å². The Hall–Kier alpha value is -1.12. The number of aromatic nitrogens is 2. The minimum atomic E-state index is 0.447. The molecule has 0 radical (unpaired) electrons. The average Bonchev–Trinajstić information content (AvgIpc) is 2.17. The summed E-state index contributed by atoms with van der Waals surface area (Å²) >= 11 is 0. The molecule has 1 aromatic heterocycles. The van der Waals surface area contributed by atoms with Crippen molar-refractivity contribution in [3.8, 4) is 0 Å². The second-order valence-electron chi connectivity index (χ2n) is 4.36. The molecule has 84 valence electrons. The summed E-state index contributed by atoms with van der Waals surface area (Å²) in [4.78, 5) is 8.70. The van der Waals surface area contributed by atoms with E-state index in [4.69, 9.17) is 0 Å². The number of hydrogen-bond donors (Lipinski definition) is 1. The zero-order valence-corrected chi connectivity index (χ0v) is 10.3. The van der Waals surface area contributed by atoms with Gasteiger partial charge < -0.3 is 5.32 Å². The fourth-order valence-corrected chi connectivity index (χ4v) is 1.75. The van der Waals surface area contributed by atoms with Gasteiger partial charge >= 0.3 is 0 Å². The highest BCUT2D eigenvalue weighted by Crippen LogP contribution is 2.28. The Morgan fingerprint density at radius 3 is 2.27 bits per heavy atom. The van der Waals surface area contributed by atoms with Crippen molar-refractivity contribution in [1.29, 1.82) is 0 Å². The van der Waals surface area contributed by atoms with E-state index < -0.39 is 0 Å². The van der Waals surface area contributed by atoms with Gasteiger partial charge in [-0.2, -0.15) is 0 Å². The van der Waals surface area contributed by atoms with E-state index in [1.165, 1.54) is 5.56 Å². The molecule has 0 bridgehead atoms. The van der Waals surface area contributed by atoms with E-state index in [1.54, 1.807) is 6.33 Å². The van der Waals surface area contributed by atoms with Crippen LogP contribution < -0.4 is 5.32 Å². The molecule has 3 nitrogen and oxygen atoms in total. The number of rotatable bonds is 4. The minimum Gasteiger partial charge on any atom is -0.370 e. The molecule has 0 aromatic carbocycles. The SMILES string of the molecule is CCNc1ncnc(C(C)C)c1C(C)C. The lowest BCUT2D eigenvalue weighted by Crippen LogP contribution is -2.10. The van der Waals surface area contributed by atoms with Crippen molar-refractivity contribution in [2.75, 3.05) is 11.9 Å². The maximum atomic E-state index is 4.39. The second-order valence-corrected chi connectivity index (χ2v) is 4.36. The zero-order chi connectivity index (χ0) is 11.4. The van der Waals surface area contributed by atoms with Crippen molar-refractivity contribution in [2.45, 2.75) is 46.5 Å². The molecule has 0 spiro atoms. The van der Waals surface area contributed by atoms with Gasteiger partial charge in [-0.3, -0.25) is 0 Å². The lowest BCUT2D eigenvalue weighted by Gasteiger charge is -2.18. The van der Waals surface area contributed by atoms with Crippen LogP contribution in [0.4, 0.5) is 5.82 Å². The van der Waals surface area contributed by atoms with E-state index in [0.29, 0.717) is 11.8 Å². The predicted octanol–water partition coefficient (Wildman–Crippen LogP) is 3.16. The van der Waals surface area contributed by atoms with Crippen molar-refractivity contribution in [3.63, 3.8) is 0 Å². The van der Waals surface area contributed by atoms with E-state index in [9.17, 15) is 0 Å². The van der Waals surface area contributed by atoms with Crippen LogP contribution in [0.2, 0.25) is 0 Å². The normalized spacial score (nSPS) is 11.1. The van der Waals surface area contributed by atoms with Crippen LogP contribution in [0.15, 0.2) is 6.33 Å². The van der Waals surface area contributed by atoms with Gasteiger partial charge in [-0.1, -0.05) is 27.7 Å². The van der Waals surface area contributed by atoms with E-state index in [0.717, 1.165) is 18.1 Å². The van der Waals surface area contributed by atoms with Gasteiger partial charge in [0.1, 0.15) is 12.1 Å². The highest BCUT2D eigenvalue weighted by Gasteiger charge is 2.16. The molecule has 0 fully saturated rings. The summed E-state index contributed by atoms with van der Waals surface area (Å²) in [6.45, 7) is 11.7. The van der Waals surface area contributed by atoms with Gasteiger partial charge in [0.2, 0.25) is 0 Å². The van der Waals surface area contributed by atoms with Crippen LogP contribution in [0.25, 0.3) is 0 Å². The monoisotopic (exact) mass is 207 g/mol. The van der Waals surface area contributed by atoms with E-state index in [1.807, 2.05) is 0 Å². The molecule has 0 saturated heterocycles. The van der Waals surface area contributed by atoms with Crippen LogP contribution in [0.3, 0.4) is 0 Å². The zero-order valence-electron chi connectivity index (χ0n) is 10.3. The first kappa shape index (κ1) is 12.0. The molecule has 0 saturated carbocycles. The summed E-state index contributed by atoms with van der Waals surface area (Å²) in [6, 6.07) is 0. The number of nitrogens with zero attached hydrogens (tertiary/aromatic N) is 2. The molecule has 0 aliphatic heterocycles. The van der Waals surface area contributed by atoms with Gasteiger partial charge in [0, 0.05) is 12.1 Å². The summed E-state index contributed by atoms with van der Waals surface area (Å²) in [5, 5.41) is 3.30. The molecule has 0 atom stereocenters. The largest absolute Gasteiger partial charge is 0.370 e. The van der Waals surface area contributed by atoms with Gasteiger partial charge in [-0.05, 0) is 18.8 Å². The van der Waals surface area contributed by atoms with Crippen LogP contribution in [-0.4, -0.2) is 16.5 Å². The molecule has 0 unspecified atom stereocenters. The van der Waals surface area contributed by atoms with Crippen molar-refractivity contribution in [1.82, 2.24) is 9.97 Å². The average molecular weight is 207 g/mol. The molecule has 1 aromatic rings. The smallest absolute Gasteiger partial charge is 0.133 e. The molecule has 1 rings (SSSR count). The minimum absolute atomic E-state index is 0.447. The highest BCUT2D eigenvalue weighted by molar-refractivity contribution is 5.48. The summed E-state index contributed by atoms with van der Waals surface area (Å²) < 4.78 is 0. The van der Waals surface area contributed by atoms with Crippen LogP contribution in [0.5, 0.6) is 0 Å². The molecular formula is C12H21N3. The first-order valence-corrected chi connectivity index (χ1v) is 5.66. The Bertz CT molecular complexity index is 319. The Morgan fingerprint density at radius 1 is 1.13 bits per heavy atom. The standard InChI is InChI=1S/C12H21N3/c1-6-13-12-10(8(2)3)11(9(4)5)14-7-15-12/h7-9H,6H2,1-5H3,(H,13,14,15). The lowest BCUT2D eigenvalue weighted by atomic mass is 9.96. The maximum Gasteiger partial charge on any atom is 0.133 e. The topological polar surface area (TPSA) is 37.8 Å². The first-order valence-electron chi connectivity index (χ1n) is 5.66. The molecular weight excluding hydrogens is 186 g/mol. The second kappa shape index (κ2) is 5.10. The van der Waals surface area contributed by atoms with Crippen LogP contribution in [0.1, 0.15) is 57.7 Å². The van der Waals surface area contributed by atoms with Crippen molar-refractivity contribution < 1.29 is 0 Å². The number of nitrogens with one attached hydrogen (secondary N) is 1. The summed E-state index contributed by atoms with van der Waals surface area (Å²) in [5.74, 6) is 1.90. The van der Waals surface area contributed by atoms with Gasteiger partial charge in [0.15, 0.2) is 0 Å². The third-order valence-corrected chi connectivity index (χ3v) is 2.38. The Balaban J connectivity index is 3.22. The van der Waals surface area contributed by atoms with Crippen molar-refractivity contribution >= 4 is 5.82 Å². The fraction of sp³-hybridized carbons (Fsp3) is 0.667. The van der Waals surface area contributed by atoms with Crippen LogP contribution >= 0.6 is 0 Å². The Labute approximate surface area is 92.3 Å². The van der Waals surface area contributed by atoms with Crippen LogP contribution in [-0.2, 0) is 0 Å². The Morgan fingerprint density at radius 2 is 1.80 bits per heavy atom. The third-order valence-electron chi connectivity index (χ3n) is 2.38. The maximum absolute atomic E-state index is 4.39. The summed E-state index contributed by atoms with van der Waals surface area (Å²) in [7, 11) is 0.